The minimum absolute atomic E-state index is 0.702. The fourth-order valence-electron chi connectivity index (χ4n) is 3.15. The molecule has 0 N–H and O–H groups in total. The van der Waals surface area contributed by atoms with E-state index >= 15 is 0 Å². The van der Waals surface area contributed by atoms with Gasteiger partial charge in [0.15, 0.2) is 5.17 Å². The molecule has 1 aromatic carbocycles. The summed E-state index contributed by atoms with van der Waals surface area (Å²) in [5, 5.41) is 1.30. The van der Waals surface area contributed by atoms with Crippen LogP contribution >= 0.6 is 11.8 Å². The van der Waals surface area contributed by atoms with Crippen LogP contribution < -0.4 is 0 Å². The second kappa shape index (κ2) is 7.16. The minimum Gasteiger partial charge on any atom is -0.344 e. The third-order valence-corrected chi connectivity index (χ3v) is 5.35. The average molecular weight is 288 g/mol. The monoisotopic (exact) mass is 288 g/mol. The highest BCUT2D eigenvalue weighted by atomic mass is 32.2. The first-order valence-corrected chi connectivity index (χ1v) is 8.90. The van der Waals surface area contributed by atoms with Gasteiger partial charge in [-0.05, 0) is 24.8 Å². The van der Waals surface area contributed by atoms with Gasteiger partial charge in [0, 0.05) is 24.9 Å². The Morgan fingerprint density at radius 2 is 1.85 bits per heavy atom. The first-order valence-electron chi connectivity index (χ1n) is 7.91. The number of hydrogen-bond acceptors (Lipinski definition) is 3. The van der Waals surface area contributed by atoms with Crippen molar-refractivity contribution in [3.8, 4) is 0 Å². The first-order chi connectivity index (χ1) is 9.93. The maximum Gasteiger partial charge on any atom is 0.159 e. The second-order valence-electron chi connectivity index (χ2n) is 5.77. The summed E-state index contributed by atoms with van der Waals surface area (Å²) in [5.41, 5.74) is 1.41. The number of amidine groups is 1. The van der Waals surface area contributed by atoms with Gasteiger partial charge in [0.25, 0.3) is 0 Å². The lowest BCUT2D eigenvalue weighted by molar-refractivity contribution is 0.241. The fraction of sp³-hybridized carbons (Fsp3) is 0.588. The Kier molecular flexibility index (Phi) is 5.01. The van der Waals surface area contributed by atoms with Crippen molar-refractivity contribution in [1.29, 1.82) is 0 Å². The van der Waals surface area contributed by atoms with Gasteiger partial charge in [-0.2, -0.15) is 0 Å². The molecule has 0 bridgehead atoms. The van der Waals surface area contributed by atoms with Gasteiger partial charge in [-0.25, -0.2) is 0 Å². The van der Waals surface area contributed by atoms with Crippen LogP contribution in [0.1, 0.15) is 44.1 Å². The third kappa shape index (κ3) is 3.57. The lowest BCUT2D eigenvalue weighted by Crippen LogP contribution is -2.40. The van der Waals surface area contributed by atoms with Gasteiger partial charge in [-0.15, -0.1) is 0 Å². The zero-order valence-electron chi connectivity index (χ0n) is 12.1. The molecule has 0 atom stereocenters. The van der Waals surface area contributed by atoms with Crippen molar-refractivity contribution in [3.05, 3.63) is 35.9 Å². The number of hydrogen-bond donors (Lipinski definition) is 0. The summed E-state index contributed by atoms with van der Waals surface area (Å²) in [5.74, 6) is 1.23. The fourth-order valence-corrected chi connectivity index (χ4v) is 4.17. The molecule has 3 rings (SSSR count). The van der Waals surface area contributed by atoms with E-state index in [1.807, 2.05) is 11.8 Å². The molecule has 1 fully saturated rings. The number of aliphatic imine (C=N–C) groups is 1. The van der Waals surface area contributed by atoms with E-state index in [1.54, 1.807) is 0 Å². The van der Waals surface area contributed by atoms with E-state index in [1.165, 1.54) is 55.0 Å². The van der Waals surface area contributed by atoms with Gasteiger partial charge in [0.1, 0.15) is 0 Å². The van der Waals surface area contributed by atoms with E-state index in [9.17, 15) is 0 Å². The van der Waals surface area contributed by atoms with Gasteiger partial charge in [0.05, 0.1) is 0 Å². The van der Waals surface area contributed by atoms with Gasteiger partial charge < -0.3 is 4.90 Å². The van der Waals surface area contributed by atoms with Crippen molar-refractivity contribution < 1.29 is 0 Å². The van der Waals surface area contributed by atoms with Crippen molar-refractivity contribution >= 4 is 16.9 Å². The zero-order chi connectivity index (χ0) is 13.6. The van der Waals surface area contributed by atoms with Crippen molar-refractivity contribution in [1.82, 2.24) is 4.90 Å². The van der Waals surface area contributed by atoms with Gasteiger partial charge in [-0.3, -0.25) is 4.99 Å². The molecule has 0 amide bonds. The van der Waals surface area contributed by atoms with Gasteiger partial charge >= 0.3 is 0 Å². The van der Waals surface area contributed by atoms with Crippen LogP contribution in [-0.2, 0) is 6.54 Å². The minimum atomic E-state index is 0.702. The second-order valence-corrected chi connectivity index (χ2v) is 6.83. The maximum absolute atomic E-state index is 4.81. The Labute approximate surface area is 126 Å². The summed E-state index contributed by atoms with van der Waals surface area (Å²) < 4.78 is 0. The van der Waals surface area contributed by atoms with Crippen LogP contribution in [0.2, 0.25) is 0 Å². The molecule has 0 radical (unpaired) electrons. The number of nitrogens with zero attached hydrogens (tertiary/aromatic N) is 2. The van der Waals surface area contributed by atoms with Gasteiger partial charge in [0.2, 0.25) is 0 Å². The van der Waals surface area contributed by atoms with E-state index in [2.05, 4.69) is 35.2 Å². The van der Waals surface area contributed by atoms with Gasteiger partial charge in [-0.1, -0.05) is 61.4 Å². The van der Waals surface area contributed by atoms with Crippen molar-refractivity contribution in [3.63, 3.8) is 0 Å². The predicted molar refractivity (Wildman–Crippen MR) is 88.2 cm³/mol. The Balaban J connectivity index is 1.77. The standard InChI is InChI=1S/C17H24N2S/c1-3-8-15(9-4-1)14-19(16-10-5-2-6-11-16)17-18-12-7-13-20-17/h1,3-4,8-9,16H,2,5-7,10-14H2. The van der Waals surface area contributed by atoms with E-state index in [4.69, 9.17) is 4.99 Å². The third-order valence-electron chi connectivity index (χ3n) is 4.24. The quantitative estimate of drug-likeness (QED) is 0.823. The molecule has 0 unspecified atom stereocenters. The van der Waals surface area contributed by atoms with Crippen LogP contribution in [0.25, 0.3) is 0 Å². The van der Waals surface area contributed by atoms with Crippen LogP contribution in [-0.4, -0.2) is 28.4 Å². The van der Waals surface area contributed by atoms with Crippen LogP contribution in [0, 0.1) is 0 Å². The summed E-state index contributed by atoms with van der Waals surface area (Å²) in [4.78, 5) is 7.40. The molecule has 108 valence electrons. The molecule has 0 saturated heterocycles. The predicted octanol–water partition coefficient (Wildman–Crippen LogP) is 4.31. The summed E-state index contributed by atoms with van der Waals surface area (Å²) in [6.45, 7) is 2.04. The van der Waals surface area contributed by atoms with Crippen LogP contribution in [0.4, 0.5) is 0 Å². The molecule has 2 nitrogen and oxygen atoms in total. The average Bonchev–Trinajstić information content (AvgIpc) is 2.55. The van der Waals surface area contributed by atoms with E-state index in [0.717, 1.165) is 13.1 Å². The van der Waals surface area contributed by atoms with E-state index in [-0.39, 0.29) is 0 Å². The van der Waals surface area contributed by atoms with Crippen molar-refractivity contribution in [2.24, 2.45) is 4.99 Å². The molecular formula is C17H24N2S. The highest BCUT2D eigenvalue weighted by Gasteiger charge is 2.25. The number of rotatable bonds is 3. The molecule has 0 aromatic heterocycles. The molecule has 20 heavy (non-hydrogen) atoms. The maximum atomic E-state index is 4.81. The summed E-state index contributed by atoms with van der Waals surface area (Å²) in [6, 6.07) is 11.6. The van der Waals surface area contributed by atoms with Crippen molar-refractivity contribution in [2.75, 3.05) is 12.3 Å². The lowest BCUT2D eigenvalue weighted by Gasteiger charge is -2.37. The Morgan fingerprint density at radius 3 is 2.55 bits per heavy atom. The first kappa shape index (κ1) is 14.0. The molecule has 1 heterocycles. The summed E-state index contributed by atoms with van der Waals surface area (Å²) in [6.07, 6.45) is 8.09. The van der Waals surface area contributed by atoms with E-state index in [0.29, 0.717) is 6.04 Å². The summed E-state index contributed by atoms with van der Waals surface area (Å²) in [7, 11) is 0. The summed E-state index contributed by atoms with van der Waals surface area (Å²) >= 11 is 1.96. The largest absolute Gasteiger partial charge is 0.344 e. The molecule has 1 saturated carbocycles. The highest BCUT2D eigenvalue weighted by Crippen LogP contribution is 2.28. The highest BCUT2D eigenvalue weighted by molar-refractivity contribution is 8.13. The van der Waals surface area contributed by atoms with Crippen LogP contribution in [0.5, 0.6) is 0 Å². The molecule has 3 heteroatoms. The zero-order valence-corrected chi connectivity index (χ0v) is 12.9. The molecule has 0 spiro atoms. The Bertz CT molecular complexity index is 438. The molecular weight excluding hydrogens is 264 g/mol. The van der Waals surface area contributed by atoms with E-state index < -0.39 is 0 Å². The van der Waals surface area contributed by atoms with Crippen molar-refractivity contribution in [2.45, 2.75) is 51.1 Å². The Morgan fingerprint density at radius 1 is 1.05 bits per heavy atom. The van der Waals surface area contributed by atoms with Crippen LogP contribution in [0.15, 0.2) is 35.3 Å². The molecule has 2 aliphatic rings. The lowest BCUT2D eigenvalue weighted by atomic mass is 9.94. The van der Waals surface area contributed by atoms with Crippen LogP contribution in [0.3, 0.4) is 0 Å². The number of thioether (sulfide) groups is 1. The molecule has 1 aromatic rings. The topological polar surface area (TPSA) is 15.6 Å². The molecule has 1 aliphatic carbocycles. The smallest absolute Gasteiger partial charge is 0.159 e. The normalized spacial score (nSPS) is 20.5. The SMILES string of the molecule is c1ccc(CN(C2=NCCCS2)C2CCCCC2)cc1. The number of benzene rings is 1. The molecule has 1 aliphatic heterocycles. The Hall–Kier alpha value is -0.960.